The number of nitrogens with one attached hydrogen (secondary N) is 2. The van der Waals surface area contributed by atoms with E-state index in [1.807, 2.05) is 58.0 Å². The minimum Gasteiger partial charge on any atom is -0.496 e. The summed E-state index contributed by atoms with van der Waals surface area (Å²) in [6.45, 7) is 7.56. The molecular formula is C26H31ClN4O3. The van der Waals surface area contributed by atoms with Gasteiger partial charge in [0.2, 0.25) is 5.95 Å². The van der Waals surface area contributed by atoms with Crippen LogP contribution in [0.2, 0.25) is 5.02 Å². The van der Waals surface area contributed by atoms with Crippen molar-refractivity contribution in [2.45, 2.75) is 64.6 Å². The summed E-state index contributed by atoms with van der Waals surface area (Å²) in [5.74, 6) is 1.32. The molecule has 2 atom stereocenters. The van der Waals surface area contributed by atoms with E-state index in [1.165, 1.54) is 0 Å². The van der Waals surface area contributed by atoms with Gasteiger partial charge in [-0.05, 0) is 76.8 Å². The van der Waals surface area contributed by atoms with E-state index in [4.69, 9.17) is 31.0 Å². The summed E-state index contributed by atoms with van der Waals surface area (Å²) >= 11 is 6.47. The van der Waals surface area contributed by atoms with E-state index in [9.17, 15) is 4.79 Å². The van der Waals surface area contributed by atoms with Crippen molar-refractivity contribution in [3.05, 3.63) is 47.1 Å². The average Bonchev–Trinajstić information content (AvgIpc) is 3.18. The summed E-state index contributed by atoms with van der Waals surface area (Å²) in [5, 5.41) is 8.00. The van der Waals surface area contributed by atoms with Crippen LogP contribution < -0.4 is 15.4 Å². The van der Waals surface area contributed by atoms with Gasteiger partial charge in [-0.15, -0.1) is 0 Å². The number of carbonyl (C=O) groups is 1. The van der Waals surface area contributed by atoms with E-state index in [0.717, 1.165) is 52.7 Å². The SMILES string of the molecule is COc1cccc(Cl)c1-c1ccc2nc(N[C@@H]3CC[C@H](NC(=O)OC(C)(C)C)C3)nc(C)c2c1. The molecule has 0 bridgehead atoms. The molecule has 0 unspecified atom stereocenters. The van der Waals surface area contributed by atoms with Crippen molar-refractivity contribution >= 4 is 34.5 Å². The van der Waals surface area contributed by atoms with E-state index in [-0.39, 0.29) is 18.2 Å². The third kappa shape index (κ3) is 5.53. The molecule has 1 aliphatic carbocycles. The van der Waals surface area contributed by atoms with Crippen LogP contribution in [0.1, 0.15) is 45.7 Å². The van der Waals surface area contributed by atoms with Crippen LogP contribution in [0.15, 0.2) is 36.4 Å². The maximum atomic E-state index is 12.1. The number of hydrogen-bond acceptors (Lipinski definition) is 6. The molecule has 0 saturated heterocycles. The van der Waals surface area contributed by atoms with Crippen molar-refractivity contribution in [3.8, 4) is 16.9 Å². The van der Waals surface area contributed by atoms with Crippen LogP contribution in [0, 0.1) is 6.92 Å². The molecule has 1 heterocycles. The Hall–Kier alpha value is -3.06. The van der Waals surface area contributed by atoms with Crippen LogP contribution in [0.4, 0.5) is 10.7 Å². The van der Waals surface area contributed by atoms with Crippen molar-refractivity contribution in [1.82, 2.24) is 15.3 Å². The highest BCUT2D eigenvalue weighted by atomic mass is 35.5. The second kappa shape index (κ2) is 9.66. The highest BCUT2D eigenvalue weighted by Crippen LogP contribution is 2.38. The Morgan fingerprint density at radius 1 is 1.12 bits per heavy atom. The molecule has 8 heteroatoms. The Kier molecular flexibility index (Phi) is 6.84. The first-order valence-corrected chi connectivity index (χ1v) is 11.9. The van der Waals surface area contributed by atoms with E-state index >= 15 is 0 Å². The number of aromatic nitrogens is 2. The molecule has 3 aromatic rings. The largest absolute Gasteiger partial charge is 0.496 e. The molecule has 180 valence electrons. The van der Waals surface area contributed by atoms with Crippen molar-refractivity contribution in [2.75, 3.05) is 12.4 Å². The Bertz CT molecular complexity index is 1210. The first kappa shape index (κ1) is 24.1. The van der Waals surface area contributed by atoms with Gasteiger partial charge in [0.25, 0.3) is 0 Å². The lowest BCUT2D eigenvalue weighted by atomic mass is 10.0. The fraction of sp³-hybridized carbons (Fsp3) is 0.423. The normalized spacial score (nSPS) is 18.1. The fourth-order valence-corrected chi connectivity index (χ4v) is 4.63. The quantitative estimate of drug-likeness (QED) is 0.455. The van der Waals surface area contributed by atoms with Crippen LogP contribution in [-0.2, 0) is 4.74 Å². The molecule has 2 aromatic carbocycles. The molecule has 0 radical (unpaired) electrons. The molecule has 2 N–H and O–H groups in total. The number of benzene rings is 2. The molecule has 34 heavy (non-hydrogen) atoms. The zero-order valence-corrected chi connectivity index (χ0v) is 21.0. The van der Waals surface area contributed by atoms with Gasteiger partial charge in [-0.1, -0.05) is 23.7 Å². The number of nitrogens with zero attached hydrogens (tertiary/aromatic N) is 2. The molecule has 7 nitrogen and oxygen atoms in total. The Morgan fingerprint density at radius 2 is 1.88 bits per heavy atom. The van der Waals surface area contributed by atoms with E-state index < -0.39 is 5.60 Å². The third-order valence-corrected chi connectivity index (χ3v) is 6.17. The Labute approximate surface area is 205 Å². The highest BCUT2D eigenvalue weighted by molar-refractivity contribution is 6.33. The van der Waals surface area contributed by atoms with Crippen LogP contribution in [0.25, 0.3) is 22.0 Å². The topological polar surface area (TPSA) is 85.4 Å². The predicted octanol–water partition coefficient (Wildman–Crippen LogP) is 6.12. The second-order valence-corrected chi connectivity index (χ2v) is 10.1. The number of carbonyl (C=O) groups excluding carboxylic acids is 1. The molecule has 4 rings (SSSR count). The number of fused-ring (bicyclic) bond motifs is 1. The number of ether oxygens (including phenoxy) is 2. The number of aryl methyl sites for hydroxylation is 1. The maximum Gasteiger partial charge on any atom is 0.407 e. The molecule has 0 spiro atoms. The lowest BCUT2D eigenvalue weighted by Crippen LogP contribution is -2.38. The first-order chi connectivity index (χ1) is 16.1. The molecular weight excluding hydrogens is 452 g/mol. The van der Waals surface area contributed by atoms with Crippen LogP contribution in [-0.4, -0.2) is 40.9 Å². The minimum atomic E-state index is -0.506. The van der Waals surface area contributed by atoms with Gasteiger partial charge in [0, 0.05) is 23.0 Å². The fourth-order valence-electron chi connectivity index (χ4n) is 4.36. The minimum absolute atomic E-state index is 0.0714. The van der Waals surface area contributed by atoms with E-state index in [1.54, 1.807) is 7.11 Å². The Balaban J connectivity index is 1.48. The lowest BCUT2D eigenvalue weighted by molar-refractivity contribution is 0.0505. The van der Waals surface area contributed by atoms with Gasteiger partial charge >= 0.3 is 6.09 Å². The zero-order valence-electron chi connectivity index (χ0n) is 20.2. The van der Waals surface area contributed by atoms with Crippen LogP contribution >= 0.6 is 11.6 Å². The van der Waals surface area contributed by atoms with Gasteiger partial charge in [0.1, 0.15) is 11.4 Å². The van der Waals surface area contributed by atoms with Crippen LogP contribution in [0.5, 0.6) is 5.75 Å². The number of anilines is 1. The summed E-state index contributed by atoms with van der Waals surface area (Å²) in [6, 6.07) is 11.9. The Morgan fingerprint density at radius 3 is 2.62 bits per heavy atom. The average molecular weight is 483 g/mol. The number of methoxy groups -OCH3 is 1. The zero-order chi connectivity index (χ0) is 24.5. The van der Waals surface area contributed by atoms with Gasteiger partial charge < -0.3 is 20.1 Å². The monoisotopic (exact) mass is 482 g/mol. The van der Waals surface area contributed by atoms with Crippen molar-refractivity contribution in [2.24, 2.45) is 0 Å². The number of hydrogen-bond donors (Lipinski definition) is 2. The molecule has 1 fully saturated rings. The summed E-state index contributed by atoms with van der Waals surface area (Å²) in [4.78, 5) is 21.5. The van der Waals surface area contributed by atoms with Gasteiger partial charge in [-0.3, -0.25) is 0 Å². The number of amides is 1. The molecule has 1 amide bonds. The number of rotatable bonds is 5. The van der Waals surface area contributed by atoms with E-state index in [2.05, 4.69) is 16.7 Å². The van der Waals surface area contributed by atoms with Gasteiger partial charge in [0.15, 0.2) is 0 Å². The molecule has 1 aliphatic rings. The molecule has 1 aromatic heterocycles. The standard InChI is InChI=1S/C26H31ClN4O3/c1-15-19-13-16(23-20(27)7-6-8-22(23)33-5)9-12-21(19)31-24(28-15)29-17-10-11-18(14-17)30-25(32)34-26(2,3)4/h6-9,12-13,17-18H,10-11,14H2,1-5H3,(H,30,32)(H,28,29,31)/t17-,18+/m1/s1. The summed E-state index contributed by atoms with van der Waals surface area (Å²) in [7, 11) is 1.64. The number of alkyl carbamates (subject to hydrolysis) is 1. The third-order valence-electron chi connectivity index (χ3n) is 5.86. The highest BCUT2D eigenvalue weighted by Gasteiger charge is 2.28. The van der Waals surface area contributed by atoms with Gasteiger partial charge in [-0.2, -0.15) is 0 Å². The first-order valence-electron chi connectivity index (χ1n) is 11.5. The summed E-state index contributed by atoms with van der Waals surface area (Å²) < 4.78 is 10.9. The predicted molar refractivity (Wildman–Crippen MR) is 136 cm³/mol. The second-order valence-electron chi connectivity index (χ2n) is 9.68. The number of halogens is 1. The summed E-state index contributed by atoms with van der Waals surface area (Å²) in [5.41, 5.74) is 3.03. The van der Waals surface area contributed by atoms with Gasteiger partial charge in [-0.25, -0.2) is 14.8 Å². The van der Waals surface area contributed by atoms with Crippen molar-refractivity contribution < 1.29 is 14.3 Å². The van der Waals surface area contributed by atoms with E-state index in [0.29, 0.717) is 11.0 Å². The molecule has 1 saturated carbocycles. The maximum absolute atomic E-state index is 12.1. The van der Waals surface area contributed by atoms with Crippen molar-refractivity contribution in [1.29, 1.82) is 0 Å². The van der Waals surface area contributed by atoms with Gasteiger partial charge in [0.05, 0.1) is 23.3 Å². The van der Waals surface area contributed by atoms with Crippen molar-refractivity contribution in [3.63, 3.8) is 0 Å². The smallest absolute Gasteiger partial charge is 0.407 e. The lowest BCUT2D eigenvalue weighted by Gasteiger charge is -2.22. The molecule has 0 aliphatic heterocycles. The van der Waals surface area contributed by atoms with Crippen LogP contribution in [0.3, 0.4) is 0 Å². The summed E-state index contributed by atoms with van der Waals surface area (Å²) in [6.07, 6.45) is 2.23.